The summed E-state index contributed by atoms with van der Waals surface area (Å²) in [6.07, 6.45) is 2.39. The summed E-state index contributed by atoms with van der Waals surface area (Å²) in [4.78, 5) is 11.9. The molecular formula is C18H30N2O6S. The Labute approximate surface area is 161 Å². The second-order valence-electron chi connectivity index (χ2n) is 6.50. The van der Waals surface area contributed by atoms with E-state index in [-0.39, 0.29) is 17.9 Å². The molecule has 8 nitrogen and oxygen atoms in total. The standard InChI is InChI=1S/C18H30N2O6S/c1-4-5-6-7-15(21)12-18(22)19-20(23)13-14(2)27(24,25)17-10-8-16(26-3)9-11-17/h8-11,14-15,21,23H,4-7,12-13H2,1-3H3,(H,19,22)/t14-,15?/m1/s1. The molecule has 1 aromatic rings. The van der Waals surface area contributed by atoms with Crippen molar-refractivity contribution in [1.29, 1.82) is 0 Å². The maximum atomic E-state index is 12.5. The Balaban J connectivity index is 2.54. The Morgan fingerprint density at radius 1 is 1.26 bits per heavy atom. The number of hydroxylamine groups is 1. The third kappa shape index (κ3) is 7.84. The summed E-state index contributed by atoms with van der Waals surface area (Å²) in [7, 11) is -2.21. The van der Waals surface area contributed by atoms with Crippen molar-refractivity contribution in [3.05, 3.63) is 24.3 Å². The van der Waals surface area contributed by atoms with Gasteiger partial charge in [0.1, 0.15) is 5.75 Å². The Hall–Kier alpha value is -1.68. The molecule has 0 radical (unpaired) electrons. The van der Waals surface area contributed by atoms with Gasteiger partial charge in [0.15, 0.2) is 9.84 Å². The molecule has 0 aliphatic carbocycles. The lowest BCUT2D eigenvalue weighted by Crippen LogP contribution is -2.45. The number of carbonyl (C=O) groups is 1. The van der Waals surface area contributed by atoms with Crippen LogP contribution in [0.3, 0.4) is 0 Å². The molecular weight excluding hydrogens is 372 g/mol. The molecule has 0 saturated heterocycles. The number of carbonyl (C=O) groups excluding carboxylic acids is 1. The van der Waals surface area contributed by atoms with Crippen molar-refractivity contribution in [2.75, 3.05) is 13.7 Å². The molecule has 0 heterocycles. The van der Waals surface area contributed by atoms with Gasteiger partial charge in [0.25, 0.3) is 0 Å². The van der Waals surface area contributed by atoms with Crippen LogP contribution in [-0.2, 0) is 14.6 Å². The third-order valence-corrected chi connectivity index (χ3v) is 6.30. The number of methoxy groups -OCH3 is 1. The van der Waals surface area contributed by atoms with Crippen LogP contribution in [0.1, 0.15) is 46.0 Å². The zero-order valence-electron chi connectivity index (χ0n) is 16.1. The molecule has 1 amide bonds. The number of nitrogens with zero attached hydrogens (tertiary/aromatic N) is 1. The summed E-state index contributed by atoms with van der Waals surface area (Å²) in [6, 6.07) is 5.94. The van der Waals surface area contributed by atoms with E-state index in [9.17, 15) is 23.5 Å². The average molecular weight is 403 g/mol. The third-order valence-electron chi connectivity index (χ3n) is 4.16. The number of sulfone groups is 1. The summed E-state index contributed by atoms with van der Waals surface area (Å²) in [6.45, 7) is 3.17. The van der Waals surface area contributed by atoms with Gasteiger partial charge in [-0.2, -0.15) is 0 Å². The number of amides is 1. The van der Waals surface area contributed by atoms with E-state index in [4.69, 9.17) is 4.74 Å². The van der Waals surface area contributed by atoms with Crippen LogP contribution in [0, 0.1) is 0 Å². The molecule has 0 aliphatic heterocycles. The highest BCUT2D eigenvalue weighted by Crippen LogP contribution is 2.20. The van der Waals surface area contributed by atoms with Gasteiger partial charge >= 0.3 is 0 Å². The normalized spacial score (nSPS) is 14.0. The number of ether oxygens (including phenoxy) is 1. The first-order valence-electron chi connectivity index (χ1n) is 9.02. The van der Waals surface area contributed by atoms with Gasteiger partial charge < -0.3 is 9.84 Å². The number of hydrogen-bond acceptors (Lipinski definition) is 7. The largest absolute Gasteiger partial charge is 0.497 e. The Morgan fingerprint density at radius 3 is 2.44 bits per heavy atom. The number of aliphatic hydroxyl groups excluding tert-OH is 1. The molecule has 0 aliphatic rings. The van der Waals surface area contributed by atoms with Gasteiger partial charge in [0.05, 0.1) is 36.3 Å². The predicted molar refractivity (Wildman–Crippen MR) is 101 cm³/mol. The zero-order valence-corrected chi connectivity index (χ0v) is 16.9. The highest BCUT2D eigenvalue weighted by molar-refractivity contribution is 7.92. The SMILES string of the molecule is CCCCCC(O)CC(=O)NN(O)C[C@@H](C)S(=O)(=O)c1ccc(OC)cc1. The minimum atomic E-state index is -3.69. The monoisotopic (exact) mass is 402 g/mol. The van der Waals surface area contributed by atoms with Crippen LogP contribution in [0.15, 0.2) is 29.2 Å². The predicted octanol–water partition coefficient (Wildman–Crippen LogP) is 1.91. The molecule has 1 unspecified atom stereocenters. The first-order chi connectivity index (χ1) is 12.7. The van der Waals surface area contributed by atoms with Gasteiger partial charge in [-0.1, -0.05) is 26.2 Å². The number of aliphatic hydroxyl groups is 1. The average Bonchev–Trinajstić information content (AvgIpc) is 2.61. The molecule has 0 bridgehead atoms. The van der Waals surface area contributed by atoms with Crippen molar-refractivity contribution >= 4 is 15.7 Å². The quantitative estimate of drug-likeness (QED) is 0.361. The summed E-state index contributed by atoms with van der Waals surface area (Å²) < 4.78 is 30.1. The molecule has 154 valence electrons. The van der Waals surface area contributed by atoms with Gasteiger partial charge in [0, 0.05) is 0 Å². The van der Waals surface area contributed by atoms with Crippen LogP contribution in [0.2, 0.25) is 0 Å². The minimum Gasteiger partial charge on any atom is -0.497 e. The number of nitrogens with one attached hydrogen (secondary N) is 1. The van der Waals surface area contributed by atoms with Gasteiger partial charge in [-0.25, -0.2) is 8.42 Å². The molecule has 2 atom stereocenters. The number of rotatable bonds is 12. The molecule has 27 heavy (non-hydrogen) atoms. The first kappa shape index (κ1) is 23.4. The van der Waals surface area contributed by atoms with E-state index in [1.165, 1.54) is 38.3 Å². The summed E-state index contributed by atoms with van der Waals surface area (Å²) in [5.74, 6) is -0.0364. The van der Waals surface area contributed by atoms with Crippen molar-refractivity contribution in [3.8, 4) is 5.75 Å². The topological polar surface area (TPSA) is 116 Å². The maximum Gasteiger partial charge on any atom is 0.238 e. The summed E-state index contributed by atoms with van der Waals surface area (Å²) in [5.41, 5.74) is 2.18. The zero-order chi connectivity index (χ0) is 20.4. The van der Waals surface area contributed by atoms with E-state index in [0.29, 0.717) is 17.3 Å². The first-order valence-corrected chi connectivity index (χ1v) is 10.6. The Kier molecular flexibility index (Phi) is 9.71. The second-order valence-corrected chi connectivity index (χ2v) is 8.87. The molecule has 0 aromatic heterocycles. The minimum absolute atomic E-state index is 0.0990. The number of unbranched alkanes of at least 4 members (excludes halogenated alkanes) is 2. The highest BCUT2D eigenvalue weighted by atomic mass is 32.2. The fourth-order valence-corrected chi connectivity index (χ4v) is 3.84. The lowest BCUT2D eigenvalue weighted by molar-refractivity contribution is -0.161. The van der Waals surface area contributed by atoms with Gasteiger partial charge in [0.2, 0.25) is 5.91 Å². The number of hydrazine groups is 1. The van der Waals surface area contributed by atoms with Crippen LogP contribution in [0.4, 0.5) is 0 Å². The molecule has 0 fully saturated rings. The van der Waals surface area contributed by atoms with E-state index < -0.39 is 27.1 Å². The van der Waals surface area contributed by atoms with E-state index in [1.54, 1.807) is 0 Å². The van der Waals surface area contributed by atoms with E-state index in [2.05, 4.69) is 5.43 Å². The second kappa shape index (κ2) is 11.2. The van der Waals surface area contributed by atoms with Crippen molar-refractivity contribution in [2.24, 2.45) is 0 Å². The Morgan fingerprint density at radius 2 is 1.89 bits per heavy atom. The van der Waals surface area contributed by atoms with Crippen LogP contribution in [0.25, 0.3) is 0 Å². The fourth-order valence-electron chi connectivity index (χ4n) is 2.52. The lowest BCUT2D eigenvalue weighted by Gasteiger charge is -2.21. The van der Waals surface area contributed by atoms with E-state index >= 15 is 0 Å². The molecule has 3 N–H and O–H groups in total. The van der Waals surface area contributed by atoms with Crippen molar-refractivity contribution in [1.82, 2.24) is 10.6 Å². The summed E-state index contributed by atoms with van der Waals surface area (Å²) >= 11 is 0. The molecule has 1 aromatic carbocycles. The smallest absolute Gasteiger partial charge is 0.238 e. The highest BCUT2D eigenvalue weighted by Gasteiger charge is 2.26. The van der Waals surface area contributed by atoms with Crippen LogP contribution in [-0.4, -0.2) is 54.8 Å². The van der Waals surface area contributed by atoms with Gasteiger partial charge in [-0.3, -0.25) is 15.4 Å². The molecule has 1 rings (SSSR count). The van der Waals surface area contributed by atoms with E-state index in [1.807, 2.05) is 6.92 Å². The molecule has 9 heteroatoms. The van der Waals surface area contributed by atoms with Gasteiger partial charge in [-0.05, 0) is 37.6 Å². The lowest BCUT2D eigenvalue weighted by atomic mass is 10.1. The number of benzene rings is 1. The maximum absolute atomic E-state index is 12.5. The van der Waals surface area contributed by atoms with Crippen molar-refractivity contribution < 1.29 is 28.3 Å². The van der Waals surface area contributed by atoms with Gasteiger partial charge in [-0.15, -0.1) is 5.17 Å². The van der Waals surface area contributed by atoms with Crippen molar-refractivity contribution in [3.63, 3.8) is 0 Å². The van der Waals surface area contributed by atoms with Crippen LogP contribution >= 0.6 is 0 Å². The Bertz CT molecular complexity index is 678. The molecule has 0 spiro atoms. The van der Waals surface area contributed by atoms with Crippen LogP contribution in [0.5, 0.6) is 5.75 Å². The van der Waals surface area contributed by atoms with Crippen LogP contribution < -0.4 is 10.2 Å². The number of hydrogen-bond donors (Lipinski definition) is 3. The fraction of sp³-hybridized carbons (Fsp3) is 0.611. The van der Waals surface area contributed by atoms with Crippen molar-refractivity contribution in [2.45, 2.75) is 62.2 Å². The molecule has 0 saturated carbocycles. The summed E-state index contributed by atoms with van der Waals surface area (Å²) in [5, 5.41) is 19.1. The van der Waals surface area contributed by atoms with E-state index in [0.717, 1.165) is 19.3 Å².